The highest BCUT2D eigenvalue weighted by Crippen LogP contribution is 2.32. The summed E-state index contributed by atoms with van der Waals surface area (Å²) in [4.78, 5) is 18.0. The molecule has 1 atom stereocenters. The van der Waals surface area contributed by atoms with Gasteiger partial charge in [0.25, 0.3) is 0 Å². The van der Waals surface area contributed by atoms with Gasteiger partial charge in [-0.2, -0.15) is 0 Å². The summed E-state index contributed by atoms with van der Waals surface area (Å²) in [7, 11) is 0. The second-order valence-electron chi connectivity index (χ2n) is 6.78. The lowest BCUT2D eigenvalue weighted by Crippen LogP contribution is -2.29. The van der Waals surface area contributed by atoms with Crippen molar-refractivity contribution < 1.29 is 4.79 Å². The molecule has 4 rings (SSSR count). The third-order valence-electron chi connectivity index (χ3n) is 5.04. The summed E-state index contributed by atoms with van der Waals surface area (Å²) in [6, 6.07) is 16.6. The number of hydrogen-bond acceptors (Lipinski definition) is 1. The number of H-pyrrole nitrogens is 1. The Morgan fingerprint density at radius 1 is 1.21 bits per heavy atom. The second kappa shape index (κ2) is 6.16. The summed E-state index contributed by atoms with van der Waals surface area (Å²) in [5.41, 5.74) is 4.84. The van der Waals surface area contributed by atoms with Crippen LogP contribution in [0.15, 0.2) is 54.7 Å². The number of nitrogens with one attached hydrogen (secondary N) is 1. The molecule has 1 fully saturated rings. The molecular formula is C21H22N2O. The van der Waals surface area contributed by atoms with Crippen LogP contribution in [0.25, 0.3) is 10.9 Å². The fourth-order valence-electron chi connectivity index (χ4n) is 3.78. The Bertz CT molecular complexity index is 880. The van der Waals surface area contributed by atoms with Crippen molar-refractivity contribution in [3.63, 3.8) is 0 Å². The molecule has 3 nitrogen and oxygen atoms in total. The van der Waals surface area contributed by atoms with E-state index in [-0.39, 0.29) is 5.91 Å². The molecule has 0 aliphatic carbocycles. The van der Waals surface area contributed by atoms with E-state index in [1.807, 2.05) is 17.0 Å². The van der Waals surface area contributed by atoms with E-state index in [9.17, 15) is 4.79 Å². The molecule has 1 unspecified atom stereocenters. The number of likely N-dealkylation sites (tertiary alicyclic amines) is 1. The first-order chi connectivity index (χ1) is 11.7. The fourth-order valence-corrected chi connectivity index (χ4v) is 3.78. The molecule has 3 heteroatoms. The first-order valence-corrected chi connectivity index (χ1v) is 8.60. The van der Waals surface area contributed by atoms with Crippen LogP contribution in [-0.4, -0.2) is 28.9 Å². The van der Waals surface area contributed by atoms with Gasteiger partial charge in [0.15, 0.2) is 0 Å². The molecule has 3 aromatic rings. The number of rotatable bonds is 3. The van der Waals surface area contributed by atoms with Crippen molar-refractivity contribution in [2.45, 2.75) is 25.7 Å². The van der Waals surface area contributed by atoms with Crippen molar-refractivity contribution >= 4 is 16.8 Å². The SMILES string of the molecule is Cc1cccc(CC(=O)N2CCC(c3c[nH]c4ccccc34)C2)c1. The van der Waals surface area contributed by atoms with Crippen LogP contribution in [0.2, 0.25) is 0 Å². The van der Waals surface area contributed by atoms with Crippen LogP contribution < -0.4 is 0 Å². The molecule has 1 N–H and O–H groups in total. The molecule has 1 aliphatic heterocycles. The van der Waals surface area contributed by atoms with Gasteiger partial charge < -0.3 is 9.88 Å². The fraction of sp³-hybridized carbons (Fsp3) is 0.286. The second-order valence-corrected chi connectivity index (χ2v) is 6.78. The van der Waals surface area contributed by atoms with Gasteiger partial charge in [0.2, 0.25) is 5.91 Å². The van der Waals surface area contributed by atoms with Gasteiger partial charge in [-0.25, -0.2) is 0 Å². The number of aromatic amines is 1. The normalized spacial score (nSPS) is 17.5. The Hall–Kier alpha value is -2.55. The van der Waals surface area contributed by atoms with E-state index < -0.39 is 0 Å². The van der Waals surface area contributed by atoms with E-state index >= 15 is 0 Å². The van der Waals surface area contributed by atoms with E-state index in [0.29, 0.717) is 12.3 Å². The third-order valence-corrected chi connectivity index (χ3v) is 5.04. The molecule has 2 aromatic carbocycles. The molecule has 1 amide bonds. The van der Waals surface area contributed by atoms with Gasteiger partial charge in [-0.15, -0.1) is 0 Å². The van der Waals surface area contributed by atoms with Crippen molar-refractivity contribution in [2.75, 3.05) is 13.1 Å². The number of aromatic nitrogens is 1. The van der Waals surface area contributed by atoms with Crippen molar-refractivity contribution in [1.82, 2.24) is 9.88 Å². The number of hydrogen-bond donors (Lipinski definition) is 1. The Labute approximate surface area is 142 Å². The van der Waals surface area contributed by atoms with Crippen molar-refractivity contribution in [3.05, 3.63) is 71.4 Å². The molecule has 0 radical (unpaired) electrons. The lowest BCUT2D eigenvalue weighted by Gasteiger charge is -2.17. The minimum absolute atomic E-state index is 0.239. The number of carbonyl (C=O) groups excluding carboxylic acids is 1. The van der Waals surface area contributed by atoms with Crippen LogP contribution in [0, 0.1) is 6.92 Å². The highest BCUT2D eigenvalue weighted by atomic mass is 16.2. The third kappa shape index (κ3) is 2.82. The minimum Gasteiger partial charge on any atom is -0.361 e. The number of nitrogens with zero attached hydrogens (tertiary/aromatic N) is 1. The predicted molar refractivity (Wildman–Crippen MR) is 97.1 cm³/mol. The number of amides is 1. The van der Waals surface area contributed by atoms with E-state index in [4.69, 9.17) is 0 Å². The van der Waals surface area contributed by atoms with Crippen LogP contribution in [0.5, 0.6) is 0 Å². The molecule has 1 aromatic heterocycles. The highest BCUT2D eigenvalue weighted by Gasteiger charge is 2.28. The Kier molecular flexibility index (Phi) is 3.85. The van der Waals surface area contributed by atoms with Gasteiger partial charge in [-0.1, -0.05) is 48.0 Å². The topological polar surface area (TPSA) is 36.1 Å². The van der Waals surface area contributed by atoms with Crippen LogP contribution in [0.1, 0.15) is 29.0 Å². The van der Waals surface area contributed by atoms with Crippen molar-refractivity contribution in [2.24, 2.45) is 0 Å². The molecule has 122 valence electrons. The lowest BCUT2D eigenvalue weighted by molar-refractivity contribution is -0.129. The summed E-state index contributed by atoms with van der Waals surface area (Å²) in [5, 5.41) is 1.29. The highest BCUT2D eigenvalue weighted by molar-refractivity contribution is 5.84. The zero-order valence-electron chi connectivity index (χ0n) is 14.0. The monoisotopic (exact) mass is 318 g/mol. The predicted octanol–water partition coefficient (Wildman–Crippen LogP) is 4.03. The maximum absolute atomic E-state index is 12.6. The summed E-state index contributed by atoms with van der Waals surface area (Å²) in [6.45, 7) is 3.75. The van der Waals surface area contributed by atoms with E-state index in [2.05, 4.69) is 54.5 Å². The average Bonchev–Trinajstić information content (AvgIpc) is 3.21. The van der Waals surface area contributed by atoms with Gasteiger partial charge in [0.1, 0.15) is 0 Å². The van der Waals surface area contributed by atoms with Crippen LogP contribution >= 0.6 is 0 Å². The number of para-hydroxylation sites is 1. The first kappa shape index (κ1) is 15.0. The van der Waals surface area contributed by atoms with Crippen LogP contribution in [0.4, 0.5) is 0 Å². The molecule has 0 spiro atoms. The van der Waals surface area contributed by atoms with Crippen LogP contribution in [-0.2, 0) is 11.2 Å². The van der Waals surface area contributed by atoms with Gasteiger partial charge in [-0.3, -0.25) is 4.79 Å². The quantitative estimate of drug-likeness (QED) is 0.777. The van der Waals surface area contributed by atoms with E-state index in [1.54, 1.807) is 0 Å². The zero-order valence-corrected chi connectivity index (χ0v) is 14.0. The summed E-state index contributed by atoms with van der Waals surface area (Å²) >= 11 is 0. The number of benzene rings is 2. The maximum Gasteiger partial charge on any atom is 0.227 e. The summed E-state index contributed by atoms with van der Waals surface area (Å²) in [5.74, 6) is 0.672. The average molecular weight is 318 g/mol. The molecule has 1 saturated heterocycles. The van der Waals surface area contributed by atoms with Crippen LogP contribution in [0.3, 0.4) is 0 Å². The summed E-state index contributed by atoms with van der Waals surface area (Å²) < 4.78 is 0. The molecule has 24 heavy (non-hydrogen) atoms. The zero-order chi connectivity index (χ0) is 16.5. The van der Waals surface area contributed by atoms with Gasteiger partial charge in [-0.05, 0) is 30.5 Å². The lowest BCUT2D eigenvalue weighted by atomic mass is 9.98. The van der Waals surface area contributed by atoms with E-state index in [0.717, 1.165) is 25.1 Å². The van der Waals surface area contributed by atoms with Gasteiger partial charge >= 0.3 is 0 Å². The number of fused-ring (bicyclic) bond motifs is 1. The molecule has 1 aliphatic rings. The molecular weight excluding hydrogens is 296 g/mol. The Balaban J connectivity index is 1.47. The first-order valence-electron chi connectivity index (χ1n) is 8.60. The molecule has 0 bridgehead atoms. The Morgan fingerprint density at radius 3 is 2.96 bits per heavy atom. The van der Waals surface area contributed by atoms with Crippen molar-refractivity contribution in [3.8, 4) is 0 Å². The Morgan fingerprint density at radius 2 is 2.08 bits per heavy atom. The number of aryl methyl sites for hydroxylation is 1. The van der Waals surface area contributed by atoms with E-state index in [1.165, 1.54) is 22.0 Å². The standard InChI is InChI=1S/C21H22N2O/c1-15-5-4-6-16(11-15)12-21(24)23-10-9-17(14-23)19-13-22-20-8-3-2-7-18(19)20/h2-8,11,13,17,22H,9-10,12,14H2,1H3. The smallest absolute Gasteiger partial charge is 0.227 e. The number of carbonyl (C=O) groups is 1. The minimum atomic E-state index is 0.239. The molecule has 2 heterocycles. The maximum atomic E-state index is 12.6. The van der Waals surface area contributed by atoms with Gasteiger partial charge in [0, 0.05) is 36.1 Å². The molecule has 0 saturated carbocycles. The van der Waals surface area contributed by atoms with Crippen molar-refractivity contribution in [1.29, 1.82) is 0 Å². The summed E-state index contributed by atoms with van der Waals surface area (Å²) in [6.07, 6.45) is 3.66. The largest absolute Gasteiger partial charge is 0.361 e. The van der Waals surface area contributed by atoms with Gasteiger partial charge in [0.05, 0.1) is 6.42 Å².